The molecular weight excluding hydrogens is 228 g/mol. The molecule has 3 rings (SSSR count). The highest BCUT2D eigenvalue weighted by atomic mass is 16.5. The van der Waals surface area contributed by atoms with Crippen LogP contribution in [-0.2, 0) is 11.3 Å². The van der Waals surface area contributed by atoms with Crippen molar-refractivity contribution in [1.29, 1.82) is 0 Å². The molecule has 5 heteroatoms. The third kappa shape index (κ3) is 2.37. The van der Waals surface area contributed by atoms with E-state index >= 15 is 0 Å². The van der Waals surface area contributed by atoms with E-state index in [1.807, 2.05) is 10.9 Å². The van der Waals surface area contributed by atoms with Crippen LogP contribution in [0.5, 0.6) is 0 Å². The Balaban J connectivity index is 1.62. The molecule has 0 amide bonds. The lowest BCUT2D eigenvalue weighted by Gasteiger charge is -2.38. The Morgan fingerprint density at radius 2 is 2.33 bits per heavy atom. The van der Waals surface area contributed by atoms with Gasteiger partial charge in [0.05, 0.1) is 25.0 Å². The van der Waals surface area contributed by atoms with Crippen LogP contribution in [-0.4, -0.2) is 60.6 Å². The van der Waals surface area contributed by atoms with Gasteiger partial charge in [0.1, 0.15) is 0 Å². The van der Waals surface area contributed by atoms with Crippen LogP contribution >= 0.6 is 0 Å². The predicted octanol–water partition coefficient (Wildman–Crippen LogP) is 0.814. The van der Waals surface area contributed by atoms with Gasteiger partial charge in [0.2, 0.25) is 0 Å². The summed E-state index contributed by atoms with van der Waals surface area (Å²) in [6.07, 6.45) is 6.85. The maximum Gasteiger partial charge on any atom is 0.0753 e. The smallest absolute Gasteiger partial charge is 0.0753 e. The summed E-state index contributed by atoms with van der Waals surface area (Å²) in [5, 5.41) is 4.40. The highest BCUT2D eigenvalue weighted by Crippen LogP contribution is 2.24. The first kappa shape index (κ1) is 12.0. The molecule has 0 bridgehead atoms. The molecule has 2 aliphatic rings. The Morgan fingerprint density at radius 1 is 1.39 bits per heavy atom. The van der Waals surface area contributed by atoms with E-state index in [4.69, 9.17) is 4.74 Å². The standard InChI is InChI=1S/C13H22N4O/c1-18-8-7-17-11-13(9-14-17)16-6-5-15-4-2-3-12(15)10-16/h9,11-12H,2-8,10H2,1H3. The van der Waals surface area contributed by atoms with Crippen molar-refractivity contribution in [2.45, 2.75) is 25.4 Å². The molecule has 0 saturated carbocycles. The maximum absolute atomic E-state index is 5.08. The van der Waals surface area contributed by atoms with Crippen molar-refractivity contribution < 1.29 is 4.74 Å². The molecule has 0 aliphatic carbocycles. The number of piperazine rings is 1. The average molecular weight is 250 g/mol. The molecule has 1 unspecified atom stereocenters. The number of hydrogen-bond donors (Lipinski definition) is 0. The number of aromatic nitrogens is 2. The number of rotatable bonds is 4. The van der Waals surface area contributed by atoms with E-state index in [2.05, 4.69) is 21.1 Å². The van der Waals surface area contributed by atoms with Gasteiger partial charge in [-0.15, -0.1) is 0 Å². The second-order valence-corrected chi connectivity index (χ2v) is 5.23. The van der Waals surface area contributed by atoms with Crippen molar-refractivity contribution >= 4 is 5.69 Å². The van der Waals surface area contributed by atoms with Gasteiger partial charge in [-0.05, 0) is 19.4 Å². The molecule has 100 valence electrons. The highest BCUT2D eigenvalue weighted by molar-refractivity contribution is 5.43. The van der Waals surface area contributed by atoms with E-state index in [-0.39, 0.29) is 0 Å². The molecule has 5 nitrogen and oxygen atoms in total. The van der Waals surface area contributed by atoms with Crippen molar-refractivity contribution in [2.24, 2.45) is 0 Å². The molecule has 3 heterocycles. The number of methoxy groups -OCH3 is 1. The zero-order valence-electron chi connectivity index (χ0n) is 11.1. The Bertz CT molecular complexity index is 392. The van der Waals surface area contributed by atoms with Crippen LogP contribution in [0.15, 0.2) is 12.4 Å². The second kappa shape index (κ2) is 5.28. The normalized spacial score (nSPS) is 24.5. The van der Waals surface area contributed by atoms with Crippen LogP contribution in [0.2, 0.25) is 0 Å². The average Bonchev–Trinajstić information content (AvgIpc) is 3.04. The van der Waals surface area contributed by atoms with Crippen molar-refractivity contribution in [3.63, 3.8) is 0 Å². The topological polar surface area (TPSA) is 33.5 Å². The Kier molecular flexibility index (Phi) is 3.52. The number of fused-ring (bicyclic) bond motifs is 1. The van der Waals surface area contributed by atoms with Crippen LogP contribution in [0.25, 0.3) is 0 Å². The fourth-order valence-corrected chi connectivity index (χ4v) is 3.05. The predicted molar refractivity (Wildman–Crippen MR) is 70.9 cm³/mol. The summed E-state index contributed by atoms with van der Waals surface area (Å²) < 4.78 is 7.05. The first-order valence-electron chi connectivity index (χ1n) is 6.87. The van der Waals surface area contributed by atoms with Gasteiger partial charge in [-0.2, -0.15) is 5.10 Å². The summed E-state index contributed by atoms with van der Waals surface area (Å²) in [6.45, 7) is 6.35. The Hall–Kier alpha value is -1.07. The summed E-state index contributed by atoms with van der Waals surface area (Å²) in [5.74, 6) is 0. The lowest BCUT2D eigenvalue weighted by Crippen LogP contribution is -2.50. The first-order chi connectivity index (χ1) is 8.86. The highest BCUT2D eigenvalue weighted by Gasteiger charge is 2.30. The molecule has 0 spiro atoms. The van der Waals surface area contributed by atoms with Crippen LogP contribution in [0.4, 0.5) is 5.69 Å². The summed E-state index contributed by atoms with van der Waals surface area (Å²) in [6, 6.07) is 0.765. The Labute approximate surface area is 108 Å². The zero-order valence-corrected chi connectivity index (χ0v) is 11.1. The molecule has 1 aromatic heterocycles. The van der Waals surface area contributed by atoms with Gasteiger partial charge in [-0.25, -0.2) is 0 Å². The molecule has 0 aromatic carbocycles. The second-order valence-electron chi connectivity index (χ2n) is 5.23. The minimum atomic E-state index is 0.720. The third-order valence-electron chi connectivity index (χ3n) is 4.10. The van der Waals surface area contributed by atoms with Crippen molar-refractivity contribution in [3.05, 3.63) is 12.4 Å². The molecule has 2 saturated heterocycles. The third-order valence-corrected chi connectivity index (χ3v) is 4.10. The summed E-state index contributed by atoms with van der Waals surface area (Å²) in [7, 11) is 1.73. The summed E-state index contributed by atoms with van der Waals surface area (Å²) in [4.78, 5) is 5.11. The van der Waals surface area contributed by atoms with E-state index in [1.54, 1.807) is 7.11 Å². The monoisotopic (exact) mass is 250 g/mol. The molecular formula is C13H22N4O. The first-order valence-corrected chi connectivity index (χ1v) is 6.87. The fraction of sp³-hybridized carbons (Fsp3) is 0.769. The van der Waals surface area contributed by atoms with Crippen LogP contribution in [0, 0.1) is 0 Å². The summed E-state index contributed by atoms with van der Waals surface area (Å²) in [5.41, 5.74) is 1.26. The Morgan fingerprint density at radius 3 is 3.22 bits per heavy atom. The quantitative estimate of drug-likeness (QED) is 0.792. The fourth-order valence-electron chi connectivity index (χ4n) is 3.05. The van der Waals surface area contributed by atoms with E-state index in [1.165, 1.54) is 31.6 Å². The molecule has 2 aliphatic heterocycles. The van der Waals surface area contributed by atoms with E-state index < -0.39 is 0 Å². The number of hydrogen-bond acceptors (Lipinski definition) is 4. The van der Waals surface area contributed by atoms with Crippen LogP contribution in [0.1, 0.15) is 12.8 Å². The minimum absolute atomic E-state index is 0.720. The molecule has 18 heavy (non-hydrogen) atoms. The SMILES string of the molecule is COCCn1cc(N2CCN3CCCC3C2)cn1. The van der Waals surface area contributed by atoms with Gasteiger partial charge in [0, 0.05) is 39.0 Å². The molecule has 1 atom stereocenters. The van der Waals surface area contributed by atoms with E-state index in [0.717, 1.165) is 32.3 Å². The van der Waals surface area contributed by atoms with Crippen molar-refractivity contribution in [1.82, 2.24) is 14.7 Å². The van der Waals surface area contributed by atoms with E-state index in [9.17, 15) is 0 Å². The lowest BCUT2D eigenvalue weighted by atomic mass is 10.1. The van der Waals surface area contributed by atoms with Gasteiger partial charge in [0.25, 0.3) is 0 Å². The molecule has 1 aromatic rings. The van der Waals surface area contributed by atoms with Crippen molar-refractivity contribution in [2.75, 3.05) is 44.8 Å². The molecule has 0 N–H and O–H groups in total. The van der Waals surface area contributed by atoms with E-state index in [0.29, 0.717) is 0 Å². The maximum atomic E-state index is 5.08. The van der Waals surface area contributed by atoms with Gasteiger partial charge in [-0.1, -0.05) is 0 Å². The number of nitrogens with zero attached hydrogens (tertiary/aromatic N) is 4. The van der Waals surface area contributed by atoms with Gasteiger partial charge in [0.15, 0.2) is 0 Å². The van der Waals surface area contributed by atoms with Crippen LogP contribution in [0.3, 0.4) is 0 Å². The largest absolute Gasteiger partial charge is 0.383 e. The zero-order chi connectivity index (χ0) is 12.4. The molecule has 2 fully saturated rings. The summed E-state index contributed by atoms with van der Waals surface area (Å²) >= 11 is 0. The lowest BCUT2D eigenvalue weighted by molar-refractivity contribution is 0.183. The van der Waals surface area contributed by atoms with Crippen LogP contribution < -0.4 is 4.90 Å². The van der Waals surface area contributed by atoms with Crippen molar-refractivity contribution in [3.8, 4) is 0 Å². The number of anilines is 1. The van der Waals surface area contributed by atoms with Gasteiger partial charge >= 0.3 is 0 Å². The minimum Gasteiger partial charge on any atom is -0.383 e. The molecule has 0 radical (unpaired) electrons. The van der Waals surface area contributed by atoms with Gasteiger partial charge < -0.3 is 9.64 Å². The number of ether oxygens (including phenoxy) is 1. The van der Waals surface area contributed by atoms with Gasteiger partial charge in [-0.3, -0.25) is 9.58 Å².